The van der Waals surface area contributed by atoms with E-state index in [2.05, 4.69) is 4.98 Å². The first-order chi connectivity index (χ1) is 11.2. The Labute approximate surface area is 134 Å². The number of hydrogen-bond donors (Lipinski definition) is 0. The summed E-state index contributed by atoms with van der Waals surface area (Å²) in [5.41, 5.74) is 0.518. The van der Waals surface area contributed by atoms with Crippen molar-refractivity contribution in [3.05, 3.63) is 40.9 Å². The first kappa shape index (κ1) is 15.7. The third kappa shape index (κ3) is 3.42. The molecule has 0 saturated heterocycles. The van der Waals surface area contributed by atoms with Crippen molar-refractivity contribution in [2.24, 2.45) is 0 Å². The van der Waals surface area contributed by atoms with E-state index < -0.39 is 0 Å². The first-order valence-electron chi connectivity index (χ1n) is 7.85. The second-order valence-corrected chi connectivity index (χ2v) is 5.74. The van der Waals surface area contributed by atoms with Gasteiger partial charge in [0.2, 0.25) is 0 Å². The molecular formula is C17H20N2O4. The van der Waals surface area contributed by atoms with E-state index in [9.17, 15) is 9.59 Å². The number of methoxy groups -OCH3 is 1. The predicted molar refractivity (Wildman–Crippen MR) is 85.1 cm³/mol. The van der Waals surface area contributed by atoms with Crippen molar-refractivity contribution in [1.29, 1.82) is 0 Å². The van der Waals surface area contributed by atoms with Gasteiger partial charge in [0.05, 0.1) is 29.8 Å². The Kier molecular flexibility index (Phi) is 4.71. The van der Waals surface area contributed by atoms with Gasteiger partial charge >= 0.3 is 5.97 Å². The van der Waals surface area contributed by atoms with Crippen molar-refractivity contribution >= 4 is 16.9 Å². The average molecular weight is 316 g/mol. The van der Waals surface area contributed by atoms with E-state index in [0.717, 1.165) is 19.3 Å². The summed E-state index contributed by atoms with van der Waals surface area (Å²) in [5, 5.41) is 0.554. The van der Waals surface area contributed by atoms with Crippen LogP contribution < -0.4 is 5.56 Å². The normalized spacial score (nSPS) is 20.7. The molecule has 0 N–H and O–H groups in total. The van der Waals surface area contributed by atoms with Crippen LogP contribution in [0.1, 0.15) is 25.7 Å². The van der Waals surface area contributed by atoms with Crippen molar-refractivity contribution in [2.75, 3.05) is 7.11 Å². The third-order valence-electron chi connectivity index (χ3n) is 4.27. The Hall–Kier alpha value is -2.21. The van der Waals surface area contributed by atoms with Crippen LogP contribution in [0, 0.1) is 0 Å². The lowest BCUT2D eigenvalue weighted by Crippen LogP contribution is -2.29. The predicted octanol–water partition coefficient (Wildman–Crippen LogP) is 1.90. The number of aryl methyl sites for hydroxylation is 1. The fourth-order valence-electron chi connectivity index (χ4n) is 3.00. The van der Waals surface area contributed by atoms with Gasteiger partial charge in [0.1, 0.15) is 6.10 Å². The maximum atomic E-state index is 12.3. The molecule has 3 rings (SSSR count). The summed E-state index contributed by atoms with van der Waals surface area (Å²) < 4.78 is 12.2. The summed E-state index contributed by atoms with van der Waals surface area (Å²) in [4.78, 5) is 28.6. The molecule has 1 aliphatic rings. The van der Waals surface area contributed by atoms with Crippen LogP contribution in [-0.4, -0.2) is 34.8 Å². The molecule has 0 radical (unpaired) electrons. The smallest absolute Gasteiger partial charge is 0.307 e. The summed E-state index contributed by atoms with van der Waals surface area (Å²) in [6.45, 7) is 0.264. The Bertz CT molecular complexity index is 756. The molecule has 1 aromatic carbocycles. The number of para-hydroxylation sites is 1. The van der Waals surface area contributed by atoms with Gasteiger partial charge in [0.15, 0.2) is 0 Å². The number of nitrogens with zero attached hydrogens (tertiary/aromatic N) is 2. The number of ether oxygens (including phenoxy) is 2. The van der Waals surface area contributed by atoms with Gasteiger partial charge in [0.25, 0.3) is 5.56 Å². The number of hydrogen-bond acceptors (Lipinski definition) is 5. The molecule has 0 aliphatic heterocycles. The van der Waals surface area contributed by atoms with Crippen molar-refractivity contribution in [1.82, 2.24) is 9.55 Å². The van der Waals surface area contributed by atoms with E-state index in [0.29, 0.717) is 10.9 Å². The molecule has 0 spiro atoms. The lowest BCUT2D eigenvalue weighted by atomic mass is 10.2. The van der Waals surface area contributed by atoms with Gasteiger partial charge in [-0.15, -0.1) is 0 Å². The SMILES string of the molecule is CO[C@@H]1CCC[C@H]1OC(=O)CCn1cnc2ccccc2c1=O. The zero-order valence-corrected chi connectivity index (χ0v) is 13.1. The summed E-state index contributed by atoms with van der Waals surface area (Å²) in [6, 6.07) is 7.17. The molecule has 1 aromatic heterocycles. The molecule has 6 nitrogen and oxygen atoms in total. The van der Waals surface area contributed by atoms with E-state index in [-0.39, 0.29) is 36.7 Å². The molecule has 1 aliphatic carbocycles. The molecule has 1 fully saturated rings. The molecule has 1 saturated carbocycles. The van der Waals surface area contributed by atoms with Crippen LogP contribution in [-0.2, 0) is 20.8 Å². The number of aromatic nitrogens is 2. The van der Waals surface area contributed by atoms with Crippen LogP contribution in [0.15, 0.2) is 35.4 Å². The largest absolute Gasteiger partial charge is 0.460 e. The Balaban J connectivity index is 1.63. The van der Waals surface area contributed by atoms with Gasteiger partial charge in [-0.2, -0.15) is 0 Å². The highest BCUT2D eigenvalue weighted by molar-refractivity contribution is 5.77. The highest BCUT2D eigenvalue weighted by Crippen LogP contribution is 2.24. The average Bonchev–Trinajstić information content (AvgIpc) is 3.01. The molecule has 2 aromatic rings. The number of carbonyl (C=O) groups excluding carboxylic acids is 1. The Morgan fingerprint density at radius 3 is 2.91 bits per heavy atom. The van der Waals surface area contributed by atoms with Crippen LogP contribution in [0.25, 0.3) is 10.9 Å². The second kappa shape index (κ2) is 6.91. The minimum absolute atomic E-state index is 0.0102. The zero-order valence-electron chi connectivity index (χ0n) is 13.1. The van der Waals surface area contributed by atoms with Gasteiger partial charge in [-0.1, -0.05) is 12.1 Å². The molecule has 2 atom stereocenters. The molecular weight excluding hydrogens is 296 g/mol. The van der Waals surface area contributed by atoms with Crippen molar-refractivity contribution in [3.63, 3.8) is 0 Å². The van der Waals surface area contributed by atoms with E-state index in [1.54, 1.807) is 25.3 Å². The van der Waals surface area contributed by atoms with Gasteiger partial charge in [-0.05, 0) is 31.4 Å². The fourth-order valence-corrected chi connectivity index (χ4v) is 3.00. The number of fused-ring (bicyclic) bond motifs is 1. The topological polar surface area (TPSA) is 70.4 Å². The van der Waals surface area contributed by atoms with Gasteiger partial charge in [-0.3, -0.25) is 14.2 Å². The van der Waals surface area contributed by atoms with E-state index in [1.165, 1.54) is 10.9 Å². The molecule has 1 heterocycles. The van der Waals surface area contributed by atoms with E-state index in [1.807, 2.05) is 6.07 Å². The maximum absolute atomic E-state index is 12.3. The third-order valence-corrected chi connectivity index (χ3v) is 4.27. The van der Waals surface area contributed by atoms with Gasteiger partial charge in [-0.25, -0.2) is 4.98 Å². The first-order valence-corrected chi connectivity index (χ1v) is 7.85. The van der Waals surface area contributed by atoms with Crippen LogP contribution in [0.5, 0.6) is 0 Å². The summed E-state index contributed by atoms with van der Waals surface area (Å²) in [6.07, 6.45) is 4.20. The Morgan fingerprint density at radius 1 is 1.30 bits per heavy atom. The number of esters is 1. The molecule has 6 heteroatoms. The highest BCUT2D eigenvalue weighted by atomic mass is 16.6. The molecule has 23 heavy (non-hydrogen) atoms. The van der Waals surface area contributed by atoms with Gasteiger partial charge in [0, 0.05) is 13.7 Å². The van der Waals surface area contributed by atoms with Crippen LogP contribution in [0.3, 0.4) is 0 Å². The maximum Gasteiger partial charge on any atom is 0.307 e. The highest BCUT2D eigenvalue weighted by Gasteiger charge is 2.30. The second-order valence-electron chi connectivity index (χ2n) is 5.74. The summed E-state index contributed by atoms with van der Waals surface area (Å²) in [7, 11) is 1.64. The van der Waals surface area contributed by atoms with Crippen molar-refractivity contribution in [2.45, 2.75) is 44.4 Å². The van der Waals surface area contributed by atoms with Crippen LogP contribution in [0.4, 0.5) is 0 Å². The fraction of sp³-hybridized carbons (Fsp3) is 0.471. The quantitative estimate of drug-likeness (QED) is 0.788. The molecule has 0 bridgehead atoms. The summed E-state index contributed by atoms with van der Waals surface area (Å²) >= 11 is 0. The summed E-state index contributed by atoms with van der Waals surface area (Å²) in [5.74, 6) is -0.306. The lowest BCUT2D eigenvalue weighted by molar-refractivity contribution is -0.154. The van der Waals surface area contributed by atoms with Crippen LogP contribution >= 0.6 is 0 Å². The number of benzene rings is 1. The number of rotatable bonds is 5. The Morgan fingerprint density at radius 2 is 2.09 bits per heavy atom. The van der Waals surface area contributed by atoms with Gasteiger partial charge < -0.3 is 9.47 Å². The van der Waals surface area contributed by atoms with E-state index >= 15 is 0 Å². The molecule has 0 amide bonds. The van der Waals surface area contributed by atoms with Crippen molar-refractivity contribution in [3.8, 4) is 0 Å². The standard InChI is InChI=1S/C17H20N2O4/c1-22-14-7-4-8-15(14)23-16(20)9-10-19-11-18-13-6-3-2-5-12(13)17(19)21/h2-3,5-6,11,14-15H,4,7-10H2,1H3/t14-,15-/m1/s1. The minimum Gasteiger partial charge on any atom is -0.460 e. The van der Waals surface area contributed by atoms with E-state index in [4.69, 9.17) is 9.47 Å². The monoisotopic (exact) mass is 316 g/mol. The molecule has 122 valence electrons. The zero-order chi connectivity index (χ0) is 16.2. The molecule has 0 unspecified atom stereocenters. The lowest BCUT2D eigenvalue weighted by Gasteiger charge is -2.18. The number of carbonyl (C=O) groups is 1. The minimum atomic E-state index is -0.306. The van der Waals surface area contributed by atoms with Crippen molar-refractivity contribution < 1.29 is 14.3 Å². The van der Waals surface area contributed by atoms with Crippen LogP contribution in [0.2, 0.25) is 0 Å².